The molecule has 1 N–H and O–H groups in total. The van der Waals surface area contributed by atoms with Gasteiger partial charge < -0.3 is 9.73 Å². The molecule has 29 heavy (non-hydrogen) atoms. The minimum absolute atomic E-state index is 0.0591. The first-order valence-corrected chi connectivity index (χ1v) is 9.73. The average Bonchev–Trinajstić information content (AvgIpc) is 3.16. The maximum absolute atomic E-state index is 12.5. The predicted molar refractivity (Wildman–Crippen MR) is 109 cm³/mol. The van der Waals surface area contributed by atoms with Crippen molar-refractivity contribution < 1.29 is 14.1 Å². The van der Waals surface area contributed by atoms with Gasteiger partial charge in [-0.3, -0.25) is 14.9 Å². The van der Waals surface area contributed by atoms with Crippen molar-refractivity contribution in [1.82, 2.24) is 5.32 Å². The predicted octanol–water partition coefficient (Wildman–Crippen LogP) is 5.11. The van der Waals surface area contributed by atoms with Crippen LogP contribution in [0.15, 0.2) is 40.3 Å². The van der Waals surface area contributed by atoms with Gasteiger partial charge in [0.25, 0.3) is 11.6 Å². The molecule has 150 valence electrons. The molecule has 1 aromatic heterocycles. The van der Waals surface area contributed by atoms with E-state index in [1.165, 1.54) is 24.3 Å². The molecule has 2 atom stereocenters. The summed E-state index contributed by atoms with van der Waals surface area (Å²) in [4.78, 5) is 23.0. The molecule has 0 bridgehead atoms. The van der Waals surface area contributed by atoms with E-state index in [2.05, 4.69) is 12.2 Å². The Balaban J connectivity index is 1.81. The first-order valence-electron chi connectivity index (χ1n) is 9.36. The molecule has 7 nitrogen and oxygen atoms in total. The van der Waals surface area contributed by atoms with Crippen molar-refractivity contribution in [1.29, 1.82) is 5.26 Å². The molecule has 1 heterocycles. The van der Waals surface area contributed by atoms with Crippen molar-refractivity contribution in [2.24, 2.45) is 5.92 Å². The standard InChI is InChI=1S/C21H20ClN3O4/c1-13-4-2-3-5-19(13)24-21(26)14(12-23)10-16-7-9-20(29-16)17-11-15(25(27)28)6-8-18(17)22/h6-11,13,19H,2-5H2,1H3,(H,24,26)/b14-10+/t13-,19+/m0/s1. The lowest BCUT2D eigenvalue weighted by atomic mass is 9.86. The van der Waals surface area contributed by atoms with E-state index in [0.717, 1.165) is 25.7 Å². The first kappa shape index (κ1) is 20.6. The largest absolute Gasteiger partial charge is 0.457 e. The van der Waals surface area contributed by atoms with Gasteiger partial charge in [-0.2, -0.15) is 5.26 Å². The molecule has 0 unspecified atom stereocenters. The second-order valence-electron chi connectivity index (χ2n) is 7.13. The Hall–Kier alpha value is -3.11. The van der Waals surface area contributed by atoms with E-state index >= 15 is 0 Å². The number of nitriles is 1. The van der Waals surface area contributed by atoms with Gasteiger partial charge in [0.2, 0.25) is 0 Å². The minimum atomic E-state index is -0.520. The zero-order valence-electron chi connectivity index (χ0n) is 15.9. The summed E-state index contributed by atoms with van der Waals surface area (Å²) < 4.78 is 5.66. The Morgan fingerprint density at radius 3 is 2.79 bits per heavy atom. The Morgan fingerprint density at radius 1 is 1.34 bits per heavy atom. The second kappa shape index (κ2) is 8.93. The quantitative estimate of drug-likeness (QED) is 0.317. The summed E-state index contributed by atoms with van der Waals surface area (Å²) in [5, 5.41) is 23.6. The molecular formula is C21H20ClN3O4. The monoisotopic (exact) mass is 413 g/mol. The van der Waals surface area contributed by atoms with E-state index in [0.29, 0.717) is 22.3 Å². The lowest BCUT2D eigenvalue weighted by molar-refractivity contribution is -0.384. The van der Waals surface area contributed by atoms with Crippen LogP contribution in [0.25, 0.3) is 17.4 Å². The number of hydrogen-bond acceptors (Lipinski definition) is 5. The van der Waals surface area contributed by atoms with E-state index in [9.17, 15) is 20.2 Å². The van der Waals surface area contributed by atoms with Crippen LogP contribution in [-0.2, 0) is 4.79 Å². The van der Waals surface area contributed by atoms with E-state index in [1.807, 2.05) is 6.07 Å². The topological polar surface area (TPSA) is 109 Å². The molecule has 0 spiro atoms. The highest BCUT2D eigenvalue weighted by molar-refractivity contribution is 6.33. The maximum Gasteiger partial charge on any atom is 0.270 e. The fourth-order valence-corrected chi connectivity index (χ4v) is 3.67. The van der Waals surface area contributed by atoms with Crippen molar-refractivity contribution in [2.45, 2.75) is 38.6 Å². The number of carbonyl (C=O) groups is 1. The van der Waals surface area contributed by atoms with Crippen LogP contribution in [0.1, 0.15) is 38.4 Å². The summed E-state index contributed by atoms with van der Waals surface area (Å²) >= 11 is 6.14. The molecule has 0 radical (unpaired) electrons. The highest BCUT2D eigenvalue weighted by Gasteiger charge is 2.24. The number of carbonyl (C=O) groups excluding carboxylic acids is 1. The van der Waals surface area contributed by atoms with Crippen molar-refractivity contribution in [2.75, 3.05) is 0 Å². The number of non-ortho nitro benzene ring substituents is 1. The van der Waals surface area contributed by atoms with Crippen LogP contribution in [0.3, 0.4) is 0 Å². The lowest BCUT2D eigenvalue weighted by Crippen LogP contribution is -2.41. The average molecular weight is 414 g/mol. The fourth-order valence-electron chi connectivity index (χ4n) is 3.46. The van der Waals surface area contributed by atoms with Gasteiger partial charge in [0.05, 0.1) is 9.95 Å². The number of benzene rings is 1. The van der Waals surface area contributed by atoms with Crippen LogP contribution in [0, 0.1) is 27.4 Å². The molecule has 1 amide bonds. The molecule has 0 saturated heterocycles. The van der Waals surface area contributed by atoms with Gasteiger partial charge in [-0.15, -0.1) is 0 Å². The van der Waals surface area contributed by atoms with Crippen LogP contribution in [0.5, 0.6) is 0 Å². The summed E-state index contributed by atoms with van der Waals surface area (Å²) in [5.41, 5.74) is 0.185. The molecular weight excluding hydrogens is 394 g/mol. The van der Waals surface area contributed by atoms with Crippen molar-refractivity contribution in [3.63, 3.8) is 0 Å². The summed E-state index contributed by atoms with van der Waals surface area (Å²) in [5.74, 6) is 0.533. The highest BCUT2D eigenvalue weighted by atomic mass is 35.5. The minimum Gasteiger partial charge on any atom is -0.457 e. The zero-order valence-corrected chi connectivity index (χ0v) is 16.6. The molecule has 3 rings (SSSR count). The Bertz CT molecular complexity index is 1010. The Labute approximate surface area is 173 Å². The first-order chi connectivity index (χ1) is 13.9. The SMILES string of the molecule is C[C@H]1CCCC[C@H]1NC(=O)/C(C#N)=C/c1ccc(-c2cc([N+](=O)[O-])ccc2Cl)o1. The van der Waals surface area contributed by atoms with Crippen LogP contribution in [-0.4, -0.2) is 16.9 Å². The van der Waals surface area contributed by atoms with Crippen LogP contribution in [0.2, 0.25) is 5.02 Å². The zero-order chi connectivity index (χ0) is 21.0. The van der Waals surface area contributed by atoms with Gasteiger partial charge in [0, 0.05) is 29.8 Å². The molecule has 8 heteroatoms. The van der Waals surface area contributed by atoms with Crippen LogP contribution < -0.4 is 5.32 Å². The van der Waals surface area contributed by atoms with Crippen LogP contribution >= 0.6 is 11.6 Å². The van der Waals surface area contributed by atoms with Gasteiger partial charge in [0.15, 0.2) is 0 Å². The number of nitro groups is 1. The number of nitrogens with zero attached hydrogens (tertiary/aromatic N) is 2. The fraction of sp³-hybridized carbons (Fsp3) is 0.333. The molecule has 1 fully saturated rings. The molecule has 0 aliphatic heterocycles. The molecule has 1 aromatic carbocycles. The summed E-state index contributed by atoms with van der Waals surface area (Å²) in [6.45, 7) is 2.10. The van der Waals surface area contributed by atoms with Gasteiger partial charge in [-0.1, -0.05) is 31.4 Å². The smallest absolute Gasteiger partial charge is 0.270 e. The summed E-state index contributed by atoms with van der Waals surface area (Å²) in [6.07, 6.45) is 5.54. The summed E-state index contributed by atoms with van der Waals surface area (Å²) in [7, 11) is 0. The van der Waals surface area contributed by atoms with Gasteiger partial charge in [0.1, 0.15) is 23.2 Å². The Kier molecular flexibility index (Phi) is 6.35. The normalized spacial score (nSPS) is 19.4. The van der Waals surface area contributed by atoms with Gasteiger partial charge in [-0.05, 0) is 37.0 Å². The number of nitro benzene ring substituents is 1. The Morgan fingerprint density at radius 2 is 2.10 bits per heavy atom. The van der Waals surface area contributed by atoms with Crippen molar-refractivity contribution in [3.05, 3.63) is 56.8 Å². The van der Waals surface area contributed by atoms with Gasteiger partial charge >= 0.3 is 0 Å². The second-order valence-corrected chi connectivity index (χ2v) is 7.54. The number of halogens is 1. The highest BCUT2D eigenvalue weighted by Crippen LogP contribution is 2.33. The van der Waals surface area contributed by atoms with Crippen molar-refractivity contribution >= 4 is 29.3 Å². The van der Waals surface area contributed by atoms with E-state index in [1.54, 1.807) is 12.1 Å². The number of hydrogen-bond donors (Lipinski definition) is 1. The number of rotatable bonds is 5. The third-order valence-corrected chi connectivity index (χ3v) is 5.46. The number of nitrogens with one attached hydrogen (secondary N) is 1. The number of amides is 1. The number of furan rings is 1. The van der Waals surface area contributed by atoms with E-state index in [4.69, 9.17) is 16.0 Å². The van der Waals surface area contributed by atoms with Gasteiger partial charge in [-0.25, -0.2) is 0 Å². The molecule has 2 aromatic rings. The maximum atomic E-state index is 12.5. The summed E-state index contributed by atoms with van der Waals surface area (Å²) in [6, 6.07) is 9.19. The molecule has 1 aliphatic rings. The lowest BCUT2D eigenvalue weighted by Gasteiger charge is -2.29. The molecule has 1 aliphatic carbocycles. The van der Waals surface area contributed by atoms with Crippen LogP contribution in [0.4, 0.5) is 5.69 Å². The van der Waals surface area contributed by atoms with E-state index in [-0.39, 0.29) is 23.1 Å². The third-order valence-electron chi connectivity index (χ3n) is 5.13. The van der Waals surface area contributed by atoms with Crippen molar-refractivity contribution in [3.8, 4) is 17.4 Å². The van der Waals surface area contributed by atoms with E-state index < -0.39 is 10.8 Å². The molecule has 1 saturated carbocycles. The third kappa shape index (κ3) is 4.84.